The summed E-state index contributed by atoms with van der Waals surface area (Å²) < 4.78 is 25.0. The van der Waals surface area contributed by atoms with E-state index in [1.54, 1.807) is 0 Å². The standard InChI is InChI=1S/C7H5F2N3O4/c8-5(9)4-3(7(13)14)2(12(15)16)1-11-6(4)10/h1,5H,(H2,10,11)(H,13,14). The van der Waals surface area contributed by atoms with Crippen molar-refractivity contribution in [2.75, 3.05) is 5.73 Å². The monoisotopic (exact) mass is 233 g/mol. The highest BCUT2D eigenvalue weighted by molar-refractivity contribution is 5.95. The Kier molecular flexibility index (Phi) is 2.97. The smallest absolute Gasteiger partial charge is 0.343 e. The quantitative estimate of drug-likeness (QED) is 0.598. The van der Waals surface area contributed by atoms with Crippen LogP contribution >= 0.6 is 0 Å². The van der Waals surface area contributed by atoms with Crippen LogP contribution in [-0.4, -0.2) is 21.0 Å². The Morgan fingerprint density at radius 3 is 2.56 bits per heavy atom. The molecule has 0 aromatic carbocycles. The second-order valence-electron chi connectivity index (χ2n) is 2.68. The topological polar surface area (TPSA) is 119 Å². The second-order valence-corrected chi connectivity index (χ2v) is 2.68. The van der Waals surface area contributed by atoms with Crippen LogP contribution in [0.25, 0.3) is 0 Å². The molecule has 0 saturated heterocycles. The van der Waals surface area contributed by atoms with Gasteiger partial charge < -0.3 is 10.8 Å². The first-order chi connectivity index (χ1) is 7.36. The lowest BCUT2D eigenvalue weighted by Gasteiger charge is -2.07. The molecule has 0 aliphatic carbocycles. The summed E-state index contributed by atoms with van der Waals surface area (Å²) in [5, 5.41) is 19.1. The van der Waals surface area contributed by atoms with Gasteiger partial charge in [-0.25, -0.2) is 18.6 Å². The van der Waals surface area contributed by atoms with Gasteiger partial charge in [0, 0.05) is 0 Å². The summed E-state index contributed by atoms with van der Waals surface area (Å²) in [5.41, 5.74) is 1.77. The fourth-order valence-electron chi connectivity index (χ4n) is 1.11. The van der Waals surface area contributed by atoms with E-state index in [4.69, 9.17) is 10.8 Å². The first kappa shape index (κ1) is 11.8. The van der Waals surface area contributed by atoms with Crippen molar-refractivity contribution >= 4 is 17.5 Å². The fraction of sp³-hybridized carbons (Fsp3) is 0.143. The number of anilines is 1. The molecule has 0 fully saturated rings. The maximum atomic E-state index is 12.5. The molecule has 0 aliphatic heterocycles. The zero-order valence-corrected chi connectivity index (χ0v) is 7.55. The Morgan fingerprint density at radius 1 is 1.62 bits per heavy atom. The average Bonchev–Trinajstić information content (AvgIpc) is 2.15. The fourth-order valence-corrected chi connectivity index (χ4v) is 1.11. The first-order valence-corrected chi connectivity index (χ1v) is 3.80. The molecule has 16 heavy (non-hydrogen) atoms. The summed E-state index contributed by atoms with van der Waals surface area (Å²) >= 11 is 0. The Bertz CT molecular complexity index is 463. The van der Waals surface area contributed by atoms with E-state index in [2.05, 4.69) is 4.98 Å². The van der Waals surface area contributed by atoms with Crippen LogP contribution in [0.15, 0.2) is 6.20 Å². The number of nitrogens with two attached hydrogens (primary N) is 1. The number of rotatable bonds is 3. The molecule has 1 aromatic heterocycles. The number of carboxylic acids is 1. The average molecular weight is 233 g/mol. The number of nitro groups is 1. The third kappa shape index (κ3) is 1.87. The molecule has 0 saturated carbocycles. The summed E-state index contributed by atoms with van der Waals surface area (Å²) in [7, 11) is 0. The van der Waals surface area contributed by atoms with E-state index in [0.717, 1.165) is 0 Å². The van der Waals surface area contributed by atoms with Crippen LogP contribution in [0, 0.1) is 10.1 Å². The number of carboxylic acid groups (broad SMARTS) is 1. The van der Waals surface area contributed by atoms with Gasteiger partial charge in [0.05, 0.1) is 10.5 Å². The number of hydrogen-bond donors (Lipinski definition) is 2. The van der Waals surface area contributed by atoms with Crippen LogP contribution in [0.2, 0.25) is 0 Å². The molecule has 1 heterocycles. The molecule has 1 aromatic rings. The van der Waals surface area contributed by atoms with E-state index >= 15 is 0 Å². The van der Waals surface area contributed by atoms with Gasteiger partial charge in [-0.05, 0) is 0 Å². The summed E-state index contributed by atoms with van der Waals surface area (Å²) in [5.74, 6) is -2.59. The predicted molar refractivity (Wildman–Crippen MR) is 47.2 cm³/mol. The van der Waals surface area contributed by atoms with Crippen molar-refractivity contribution in [1.29, 1.82) is 0 Å². The lowest BCUT2D eigenvalue weighted by atomic mass is 10.1. The van der Waals surface area contributed by atoms with Gasteiger partial charge in [-0.1, -0.05) is 0 Å². The number of nitrogen functional groups attached to an aromatic ring is 1. The van der Waals surface area contributed by atoms with Crippen molar-refractivity contribution in [3.05, 3.63) is 27.4 Å². The minimum absolute atomic E-state index is 0.532. The molecule has 0 amide bonds. The Balaban J connectivity index is 3.63. The lowest BCUT2D eigenvalue weighted by Crippen LogP contribution is -2.11. The highest BCUT2D eigenvalue weighted by Crippen LogP contribution is 2.32. The van der Waals surface area contributed by atoms with Gasteiger partial charge in [0.2, 0.25) is 0 Å². The van der Waals surface area contributed by atoms with Crippen LogP contribution in [0.4, 0.5) is 20.3 Å². The molecule has 0 aliphatic rings. The molecule has 0 spiro atoms. The van der Waals surface area contributed by atoms with Crippen molar-refractivity contribution in [2.24, 2.45) is 0 Å². The van der Waals surface area contributed by atoms with Crippen molar-refractivity contribution in [3.63, 3.8) is 0 Å². The lowest BCUT2D eigenvalue weighted by molar-refractivity contribution is -0.385. The molecular formula is C7H5F2N3O4. The number of nitrogens with zero attached hydrogens (tertiary/aromatic N) is 2. The van der Waals surface area contributed by atoms with E-state index in [1.165, 1.54) is 0 Å². The van der Waals surface area contributed by atoms with E-state index in [-0.39, 0.29) is 0 Å². The normalized spacial score (nSPS) is 10.4. The van der Waals surface area contributed by atoms with Gasteiger partial charge in [-0.15, -0.1) is 0 Å². The minimum atomic E-state index is -3.25. The van der Waals surface area contributed by atoms with Gasteiger partial charge in [-0.3, -0.25) is 10.1 Å². The Hall–Kier alpha value is -2.32. The zero-order valence-electron chi connectivity index (χ0n) is 7.55. The molecule has 86 valence electrons. The van der Waals surface area contributed by atoms with E-state index < -0.39 is 40.0 Å². The molecule has 0 bridgehead atoms. The summed E-state index contributed by atoms with van der Waals surface area (Å²) in [6.45, 7) is 0. The Labute approximate surface area is 86.7 Å². The number of carbonyl (C=O) groups is 1. The number of hydrogen-bond acceptors (Lipinski definition) is 5. The molecule has 0 radical (unpaired) electrons. The Morgan fingerprint density at radius 2 is 2.19 bits per heavy atom. The van der Waals surface area contributed by atoms with Crippen LogP contribution in [-0.2, 0) is 0 Å². The van der Waals surface area contributed by atoms with Crippen LogP contribution in [0.5, 0.6) is 0 Å². The maximum absolute atomic E-state index is 12.5. The molecule has 7 nitrogen and oxygen atoms in total. The molecule has 0 atom stereocenters. The first-order valence-electron chi connectivity index (χ1n) is 3.80. The van der Waals surface area contributed by atoms with E-state index in [0.29, 0.717) is 6.20 Å². The van der Waals surface area contributed by atoms with E-state index in [1.807, 2.05) is 0 Å². The largest absolute Gasteiger partial charge is 0.477 e. The van der Waals surface area contributed by atoms with Gasteiger partial charge in [0.15, 0.2) is 5.56 Å². The SMILES string of the molecule is Nc1ncc([N+](=O)[O-])c(C(=O)O)c1C(F)F. The number of halogens is 2. The van der Waals surface area contributed by atoms with Gasteiger partial charge in [0.1, 0.15) is 12.0 Å². The van der Waals surface area contributed by atoms with Crippen molar-refractivity contribution < 1.29 is 23.6 Å². The van der Waals surface area contributed by atoms with Crippen LogP contribution < -0.4 is 5.73 Å². The molecule has 9 heteroatoms. The van der Waals surface area contributed by atoms with Gasteiger partial charge in [0.25, 0.3) is 6.43 Å². The number of pyridine rings is 1. The van der Waals surface area contributed by atoms with Crippen LogP contribution in [0.3, 0.4) is 0 Å². The van der Waals surface area contributed by atoms with Crippen molar-refractivity contribution in [3.8, 4) is 0 Å². The van der Waals surface area contributed by atoms with Gasteiger partial charge >= 0.3 is 11.7 Å². The second kappa shape index (κ2) is 4.04. The van der Waals surface area contributed by atoms with Gasteiger partial charge in [-0.2, -0.15) is 0 Å². The third-order valence-corrected chi connectivity index (χ3v) is 1.76. The van der Waals surface area contributed by atoms with Crippen molar-refractivity contribution in [2.45, 2.75) is 6.43 Å². The highest BCUT2D eigenvalue weighted by atomic mass is 19.3. The highest BCUT2D eigenvalue weighted by Gasteiger charge is 2.31. The third-order valence-electron chi connectivity index (χ3n) is 1.76. The summed E-state index contributed by atoms with van der Waals surface area (Å²) in [6, 6.07) is 0. The predicted octanol–water partition coefficient (Wildman–Crippen LogP) is 1.21. The zero-order chi connectivity index (χ0) is 12.5. The molecule has 3 N–H and O–H groups in total. The minimum Gasteiger partial charge on any atom is -0.477 e. The molecule has 1 rings (SSSR count). The number of aromatic carboxylic acids is 1. The summed E-state index contributed by atoms with van der Waals surface area (Å²) in [6.07, 6.45) is -2.72. The van der Waals surface area contributed by atoms with E-state index in [9.17, 15) is 23.7 Å². The number of alkyl halides is 2. The van der Waals surface area contributed by atoms with Crippen LogP contribution in [0.1, 0.15) is 22.3 Å². The molecule has 0 unspecified atom stereocenters. The maximum Gasteiger partial charge on any atom is 0.343 e. The number of aromatic nitrogens is 1. The van der Waals surface area contributed by atoms with Crippen molar-refractivity contribution in [1.82, 2.24) is 4.98 Å². The summed E-state index contributed by atoms with van der Waals surface area (Å²) in [4.78, 5) is 23.2. The molecular weight excluding hydrogens is 228 g/mol.